The SMILES string of the molecule is Cc1ccc(C(NC(=O)CN2CCC(NC(=O)C3CCCCC3)CC2)c2cccs2)cc1. The van der Waals surface area contributed by atoms with Gasteiger partial charge in [0, 0.05) is 29.9 Å². The molecule has 2 heterocycles. The van der Waals surface area contributed by atoms with Crippen LogP contribution in [0, 0.1) is 12.8 Å². The number of hydrogen-bond donors (Lipinski definition) is 2. The van der Waals surface area contributed by atoms with Crippen LogP contribution in [-0.2, 0) is 9.59 Å². The molecule has 1 aromatic heterocycles. The maximum atomic E-state index is 12.9. The van der Waals surface area contributed by atoms with Gasteiger partial charge in [-0.05, 0) is 49.6 Å². The molecule has 1 aromatic carbocycles. The van der Waals surface area contributed by atoms with Crippen molar-refractivity contribution in [2.24, 2.45) is 5.92 Å². The molecule has 1 saturated heterocycles. The maximum absolute atomic E-state index is 12.9. The fraction of sp³-hybridized carbons (Fsp3) is 0.538. The maximum Gasteiger partial charge on any atom is 0.234 e. The van der Waals surface area contributed by atoms with Crippen LogP contribution in [0.4, 0.5) is 0 Å². The van der Waals surface area contributed by atoms with Gasteiger partial charge in [0.1, 0.15) is 0 Å². The third-order valence-electron chi connectivity index (χ3n) is 6.82. The van der Waals surface area contributed by atoms with Crippen molar-refractivity contribution in [1.82, 2.24) is 15.5 Å². The fourth-order valence-corrected chi connectivity index (χ4v) is 5.66. The number of hydrogen-bond acceptors (Lipinski definition) is 4. The first kappa shape index (κ1) is 23.0. The molecule has 2 fully saturated rings. The summed E-state index contributed by atoms with van der Waals surface area (Å²) in [6.45, 7) is 4.16. The Hall–Kier alpha value is -2.18. The average Bonchev–Trinajstić information content (AvgIpc) is 3.35. The van der Waals surface area contributed by atoms with Gasteiger partial charge in [0.25, 0.3) is 0 Å². The molecular formula is C26H35N3O2S. The zero-order chi connectivity index (χ0) is 22.3. The predicted octanol–water partition coefficient (Wildman–Crippen LogP) is 4.42. The van der Waals surface area contributed by atoms with E-state index in [1.807, 2.05) is 6.07 Å². The molecule has 1 unspecified atom stereocenters. The van der Waals surface area contributed by atoms with Crippen LogP contribution in [-0.4, -0.2) is 42.4 Å². The van der Waals surface area contributed by atoms with E-state index in [4.69, 9.17) is 0 Å². The summed E-state index contributed by atoms with van der Waals surface area (Å²) in [6, 6.07) is 12.6. The zero-order valence-corrected chi connectivity index (χ0v) is 19.8. The van der Waals surface area contributed by atoms with E-state index in [1.165, 1.54) is 24.8 Å². The smallest absolute Gasteiger partial charge is 0.234 e. The molecule has 0 spiro atoms. The molecule has 2 amide bonds. The molecule has 1 aliphatic carbocycles. The third kappa shape index (κ3) is 6.20. The van der Waals surface area contributed by atoms with Gasteiger partial charge in [0.2, 0.25) is 11.8 Å². The van der Waals surface area contributed by atoms with Crippen LogP contribution >= 0.6 is 11.3 Å². The zero-order valence-electron chi connectivity index (χ0n) is 19.0. The predicted molar refractivity (Wildman–Crippen MR) is 130 cm³/mol. The van der Waals surface area contributed by atoms with Gasteiger partial charge in [-0.2, -0.15) is 0 Å². The molecule has 1 aliphatic heterocycles. The van der Waals surface area contributed by atoms with Gasteiger partial charge in [-0.3, -0.25) is 14.5 Å². The van der Waals surface area contributed by atoms with E-state index in [-0.39, 0.29) is 29.8 Å². The molecule has 4 rings (SSSR count). The first-order valence-electron chi connectivity index (χ1n) is 12.0. The number of nitrogens with zero attached hydrogens (tertiary/aromatic N) is 1. The molecule has 2 aromatic rings. The number of benzene rings is 1. The Morgan fingerprint density at radius 1 is 1.03 bits per heavy atom. The van der Waals surface area contributed by atoms with Crippen molar-refractivity contribution in [3.8, 4) is 0 Å². The second kappa shape index (κ2) is 11.1. The number of rotatable bonds is 7. The molecule has 32 heavy (non-hydrogen) atoms. The standard InChI is InChI=1S/C26H35N3O2S/c1-19-9-11-20(12-10-19)25(23-8-5-17-32-23)28-24(30)18-29-15-13-22(14-16-29)27-26(31)21-6-3-2-4-7-21/h5,8-12,17,21-22,25H,2-4,6-7,13-16,18H2,1H3,(H,27,31)(H,28,30). The summed E-state index contributed by atoms with van der Waals surface area (Å²) in [5, 5.41) is 8.57. The third-order valence-corrected chi connectivity index (χ3v) is 7.76. The Balaban J connectivity index is 1.26. The summed E-state index contributed by atoms with van der Waals surface area (Å²) in [6.07, 6.45) is 7.54. The number of piperidine rings is 1. The summed E-state index contributed by atoms with van der Waals surface area (Å²) >= 11 is 1.67. The van der Waals surface area contributed by atoms with E-state index in [2.05, 4.69) is 58.2 Å². The van der Waals surface area contributed by atoms with Crippen molar-refractivity contribution in [2.45, 2.75) is 64.0 Å². The van der Waals surface area contributed by atoms with Crippen molar-refractivity contribution in [1.29, 1.82) is 0 Å². The Bertz CT molecular complexity index is 867. The first-order chi connectivity index (χ1) is 15.6. The van der Waals surface area contributed by atoms with Crippen LogP contribution in [0.3, 0.4) is 0 Å². The number of aryl methyl sites for hydroxylation is 1. The summed E-state index contributed by atoms with van der Waals surface area (Å²) in [5.74, 6) is 0.509. The van der Waals surface area contributed by atoms with E-state index in [1.54, 1.807) is 11.3 Å². The Morgan fingerprint density at radius 3 is 2.41 bits per heavy atom. The van der Waals surface area contributed by atoms with E-state index in [0.29, 0.717) is 6.54 Å². The monoisotopic (exact) mass is 453 g/mol. The summed E-state index contributed by atoms with van der Waals surface area (Å²) in [5.41, 5.74) is 2.32. The average molecular weight is 454 g/mol. The number of carbonyl (C=O) groups excluding carboxylic acids is 2. The Labute approximate surface area is 195 Å². The van der Waals surface area contributed by atoms with Crippen molar-refractivity contribution >= 4 is 23.2 Å². The van der Waals surface area contributed by atoms with Crippen molar-refractivity contribution in [3.05, 3.63) is 57.8 Å². The molecule has 5 nitrogen and oxygen atoms in total. The van der Waals surface area contributed by atoms with Gasteiger partial charge >= 0.3 is 0 Å². The minimum atomic E-state index is -0.115. The molecule has 2 N–H and O–H groups in total. The quantitative estimate of drug-likeness (QED) is 0.652. The molecule has 0 bridgehead atoms. The van der Waals surface area contributed by atoms with Gasteiger partial charge in [-0.15, -0.1) is 11.3 Å². The van der Waals surface area contributed by atoms with Crippen LogP contribution in [0.15, 0.2) is 41.8 Å². The topological polar surface area (TPSA) is 61.4 Å². The van der Waals surface area contributed by atoms with Crippen LogP contribution < -0.4 is 10.6 Å². The number of likely N-dealkylation sites (tertiary alicyclic amines) is 1. The molecule has 6 heteroatoms. The van der Waals surface area contributed by atoms with Crippen molar-refractivity contribution < 1.29 is 9.59 Å². The second-order valence-corrected chi connectivity index (χ2v) is 10.3. The van der Waals surface area contributed by atoms with Gasteiger partial charge in [-0.25, -0.2) is 0 Å². The van der Waals surface area contributed by atoms with E-state index in [9.17, 15) is 9.59 Å². The molecule has 1 atom stereocenters. The largest absolute Gasteiger partial charge is 0.353 e. The van der Waals surface area contributed by atoms with Crippen LogP contribution in [0.2, 0.25) is 0 Å². The number of thiophene rings is 1. The highest BCUT2D eigenvalue weighted by atomic mass is 32.1. The lowest BCUT2D eigenvalue weighted by atomic mass is 9.88. The normalized spacial score (nSPS) is 19.4. The number of carbonyl (C=O) groups is 2. The molecule has 0 radical (unpaired) electrons. The lowest BCUT2D eigenvalue weighted by molar-refractivity contribution is -0.127. The van der Waals surface area contributed by atoms with Gasteiger partial charge < -0.3 is 10.6 Å². The number of amides is 2. The lowest BCUT2D eigenvalue weighted by Crippen LogP contribution is -2.48. The molecule has 1 saturated carbocycles. The molecule has 2 aliphatic rings. The molecule has 172 valence electrons. The Morgan fingerprint density at radius 2 is 1.75 bits per heavy atom. The highest BCUT2D eigenvalue weighted by Crippen LogP contribution is 2.27. The fourth-order valence-electron chi connectivity index (χ4n) is 4.86. The lowest BCUT2D eigenvalue weighted by Gasteiger charge is -2.33. The number of nitrogens with one attached hydrogen (secondary N) is 2. The molecular weight excluding hydrogens is 418 g/mol. The first-order valence-corrected chi connectivity index (χ1v) is 12.9. The van der Waals surface area contributed by atoms with Crippen molar-refractivity contribution in [2.75, 3.05) is 19.6 Å². The highest BCUT2D eigenvalue weighted by molar-refractivity contribution is 7.10. The van der Waals surface area contributed by atoms with E-state index >= 15 is 0 Å². The minimum absolute atomic E-state index is 0.0497. The van der Waals surface area contributed by atoms with Crippen LogP contribution in [0.5, 0.6) is 0 Å². The van der Waals surface area contributed by atoms with Crippen LogP contribution in [0.25, 0.3) is 0 Å². The second-order valence-electron chi connectivity index (χ2n) is 9.32. The summed E-state index contributed by atoms with van der Waals surface area (Å²) in [7, 11) is 0. The van der Waals surface area contributed by atoms with Gasteiger partial charge in [0.05, 0.1) is 12.6 Å². The van der Waals surface area contributed by atoms with Crippen molar-refractivity contribution in [3.63, 3.8) is 0 Å². The van der Waals surface area contributed by atoms with Gasteiger partial charge in [-0.1, -0.05) is 55.2 Å². The highest BCUT2D eigenvalue weighted by Gasteiger charge is 2.27. The van der Waals surface area contributed by atoms with E-state index < -0.39 is 0 Å². The van der Waals surface area contributed by atoms with Gasteiger partial charge in [0.15, 0.2) is 0 Å². The summed E-state index contributed by atoms with van der Waals surface area (Å²) in [4.78, 5) is 28.8. The Kier molecular flexibility index (Phi) is 7.98. The summed E-state index contributed by atoms with van der Waals surface area (Å²) < 4.78 is 0. The van der Waals surface area contributed by atoms with Crippen LogP contribution in [0.1, 0.15) is 67.0 Å². The van der Waals surface area contributed by atoms with E-state index in [0.717, 1.165) is 49.2 Å². The minimum Gasteiger partial charge on any atom is -0.353 e.